The summed E-state index contributed by atoms with van der Waals surface area (Å²) in [6, 6.07) is 0.511. The lowest BCUT2D eigenvalue weighted by molar-refractivity contribution is -0.122. The zero-order chi connectivity index (χ0) is 9.97. The Bertz CT molecular complexity index is 211. The van der Waals surface area contributed by atoms with Gasteiger partial charge in [0.05, 0.1) is 13.2 Å². The molecular formula is C11H19NO2. The summed E-state index contributed by atoms with van der Waals surface area (Å²) >= 11 is 0. The van der Waals surface area contributed by atoms with E-state index in [1.165, 1.54) is 12.8 Å². The highest BCUT2D eigenvalue weighted by atomic mass is 16.5. The maximum absolute atomic E-state index is 11.4. The largest absolute Gasteiger partial charge is 0.379 e. The maximum atomic E-state index is 11.4. The molecule has 1 aliphatic carbocycles. The van der Waals surface area contributed by atoms with E-state index in [-0.39, 0.29) is 0 Å². The topological polar surface area (TPSA) is 29.5 Å². The van der Waals surface area contributed by atoms with E-state index in [9.17, 15) is 4.79 Å². The highest BCUT2D eigenvalue weighted by molar-refractivity contribution is 5.79. The third kappa shape index (κ3) is 1.98. The predicted molar refractivity (Wildman–Crippen MR) is 54.2 cm³/mol. The molecule has 2 rings (SSSR count). The van der Waals surface area contributed by atoms with Gasteiger partial charge < -0.3 is 4.74 Å². The molecule has 1 saturated carbocycles. The van der Waals surface area contributed by atoms with Crippen LogP contribution in [0.2, 0.25) is 0 Å². The van der Waals surface area contributed by atoms with Crippen molar-refractivity contribution in [1.82, 2.24) is 4.90 Å². The molecule has 0 N–H and O–H groups in total. The number of rotatable bonds is 2. The molecular weight excluding hydrogens is 178 g/mol. The molecule has 0 aromatic carbocycles. The molecule has 1 aliphatic heterocycles. The minimum atomic E-state index is 0.299. The molecule has 1 saturated heterocycles. The Balaban J connectivity index is 1.97. The van der Waals surface area contributed by atoms with Crippen molar-refractivity contribution < 1.29 is 9.53 Å². The lowest BCUT2D eigenvalue weighted by Crippen LogP contribution is -2.46. The summed E-state index contributed by atoms with van der Waals surface area (Å²) in [4.78, 5) is 13.9. The summed E-state index contributed by atoms with van der Waals surface area (Å²) < 4.78 is 5.33. The second-order valence-electron chi connectivity index (χ2n) is 4.36. The fraction of sp³-hybridized carbons (Fsp3) is 0.909. The standard InChI is InChI=1S/C11H19NO2/c1-9(13)10-3-2-4-11(10)12-5-7-14-8-6-12/h10-11H,2-8H2,1H3. The molecule has 80 valence electrons. The summed E-state index contributed by atoms with van der Waals surface area (Å²) in [7, 11) is 0. The number of ether oxygens (including phenoxy) is 1. The summed E-state index contributed by atoms with van der Waals surface area (Å²) in [5.41, 5.74) is 0. The van der Waals surface area contributed by atoms with Crippen LogP contribution < -0.4 is 0 Å². The molecule has 0 aromatic heterocycles. The van der Waals surface area contributed by atoms with Gasteiger partial charge in [0.15, 0.2) is 0 Å². The monoisotopic (exact) mass is 197 g/mol. The Kier molecular flexibility index (Phi) is 3.19. The molecule has 0 bridgehead atoms. The van der Waals surface area contributed by atoms with E-state index in [0.29, 0.717) is 17.7 Å². The first kappa shape index (κ1) is 10.1. The van der Waals surface area contributed by atoms with Crippen molar-refractivity contribution in [2.45, 2.75) is 32.2 Å². The van der Waals surface area contributed by atoms with E-state index in [1.807, 2.05) is 0 Å². The van der Waals surface area contributed by atoms with Crippen LogP contribution in [0.1, 0.15) is 26.2 Å². The van der Waals surface area contributed by atoms with Gasteiger partial charge in [-0.2, -0.15) is 0 Å². The highest BCUT2D eigenvalue weighted by Gasteiger charge is 2.35. The fourth-order valence-electron chi connectivity index (χ4n) is 2.76. The molecule has 3 nitrogen and oxygen atoms in total. The van der Waals surface area contributed by atoms with Gasteiger partial charge in [0.1, 0.15) is 5.78 Å². The predicted octanol–water partition coefficient (Wildman–Crippen LogP) is 1.08. The zero-order valence-electron chi connectivity index (χ0n) is 8.87. The first-order valence-corrected chi connectivity index (χ1v) is 5.61. The van der Waals surface area contributed by atoms with Gasteiger partial charge in [0.2, 0.25) is 0 Å². The van der Waals surface area contributed by atoms with Crippen molar-refractivity contribution in [3.8, 4) is 0 Å². The quantitative estimate of drug-likeness (QED) is 0.663. The fourth-order valence-corrected chi connectivity index (χ4v) is 2.76. The van der Waals surface area contributed by atoms with Gasteiger partial charge >= 0.3 is 0 Å². The maximum Gasteiger partial charge on any atom is 0.134 e. The van der Waals surface area contributed by atoms with Crippen molar-refractivity contribution in [3.63, 3.8) is 0 Å². The van der Waals surface area contributed by atoms with Crippen LogP contribution in [-0.4, -0.2) is 43.0 Å². The third-order valence-corrected chi connectivity index (χ3v) is 3.52. The first-order chi connectivity index (χ1) is 6.79. The minimum Gasteiger partial charge on any atom is -0.379 e. The summed E-state index contributed by atoms with van der Waals surface area (Å²) in [6.45, 7) is 5.43. The average molecular weight is 197 g/mol. The average Bonchev–Trinajstić information content (AvgIpc) is 2.67. The number of carbonyl (C=O) groups is 1. The van der Waals surface area contributed by atoms with Crippen LogP contribution in [0.4, 0.5) is 0 Å². The van der Waals surface area contributed by atoms with Gasteiger partial charge in [-0.1, -0.05) is 6.42 Å². The molecule has 0 amide bonds. The van der Waals surface area contributed by atoms with Gasteiger partial charge in [-0.15, -0.1) is 0 Å². The van der Waals surface area contributed by atoms with Gasteiger partial charge in [0.25, 0.3) is 0 Å². The van der Waals surface area contributed by atoms with Crippen molar-refractivity contribution in [2.24, 2.45) is 5.92 Å². The summed E-state index contributed by atoms with van der Waals surface area (Å²) in [6.07, 6.45) is 3.51. The van der Waals surface area contributed by atoms with Crippen molar-refractivity contribution in [3.05, 3.63) is 0 Å². The second-order valence-corrected chi connectivity index (χ2v) is 4.36. The van der Waals surface area contributed by atoms with E-state index in [2.05, 4.69) is 4.90 Å². The zero-order valence-corrected chi connectivity index (χ0v) is 8.87. The van der Waals surface area contributed by atoms with Crippen LogP contribution in [0.5, 0.6) is 0 Å². The van der Waals surface area contributed by atoms with Gasteiger partial charge in [0, 0.05) is 25.0 Å². The molecule has 2 fully saturated rings. The van der Waals surface area contributed by atoms with Crippen LogP contribution >= 0.6 is 0 Å². The molecule has 0 spiro atoms. The number of carbonyl (C=O) groups excluding carboxylic acids is 1. The van der Waals surface area contributed by atoms with E-state index in [4.69, 9.17) is 4.74 Å². The molecule has 2 unspecified atom stereocenters. The van der Waals surface area contributed by atoms with E-state index in [1.54, 1.807) is 6.92 Å². The lowest BCUT2D eigenvalue weighted by Gasteiger charge is -2.34. The van der Waals surface area contributed by atoms with Crippen LogP contribution in [0.3, 0.4) is 0 Å². The molecule has 3 heteroatoms. The third-order valence-electron chi connectivity index (χ3n) is 3.52. The Labute approximate surface area is 85.4 Å². The summed E-state index contributed by atoms with van der Waals surface area (Å²) in [5, 5.41) is 0. The Morgan fingerprint density at radius 2 is 2.00 bits per heavy atom. The number of morpholine rings is 1. The van der Waals surface area contributed by atoms with Crippen LogP contribution in [0, 0.1) is 5.92 Å². The number of hydrogen-bond acceptors (Lipinski definition) is 3. The second kappa shape index (κ2) is 4.41. The smallest absolute Gasteiger partial charge is 0.134 e. The van der Waals surface area contributed by atoms with Gasteiger partial charge in [-0.25, -0.2) is 0 Å². The molecule has 0 radical (unpaired) electrons. The molecule has 1 heterocycles. The van der Waals surface area contributed by atoms with Gasteiger partial charge in [-0.3, -0.25) is 9.69 Å². The normalized spacial score (nSPS) is 34.6. The van der Waals surface area contributed by atoms with Crippen molar-refractivity contribution in [1.29, 1.82) is 0 Å². The molecule has 0 aromatic rings. The Morgan fingerprint density at radius 1 is 1.29 bits per heavy atom. The van der Waals surface area contributed by atoms with Crippen LogP contribution in [0.25, 0.3) is 0 Å². The number of Topliss-reactive ketones (excluding diaryl/α,β-unsaturated/α-hetero) is 1. The highest BCUT2D eigenvalue weighted by Crippen LogP contribution is 2.30. The molecule has 2 aliphatic rings. The van der Waals surface area contributed by atoms with E-state index < -0.39 is 0 Å². The van der Waals surface area contributed by atoms with Crippen molar-refractivity contribution in [2.75, 3.05) is 26.3 Å². The number of ketones is 1. The van der Waals surface area contributed by atoms with E-state index in [0.717, 1.165) is 32.7 Å². The van der Waals surface area contributed by atoms with Crippen LogP contribution in [-0.2, 0) is 9.53 Å². The summed E-state index contributed by atoms with van der Waals surface area (Å²) in [5.74, 6) is 0.673. The number of nitrogens with zero attached hydrogens (tertiary/aromatic N) is 1. The number of hydrogen-bond donors (Lipinski definition) is 0. The Morgan fingerprint density at radius 3 is 2.64 bits per heavy atom. The van der Waals surface area contributed by atoms with Crippen LogP contribution in [0.15, 0.2) is 0 Å². The van der Waals surface area contributed by atoms with Crippen molar-refractivity contribution >= 4 is 5.78 Å². The first-order valence-electron chi connectivity index (χ1n) is 5.61. The van der Waals surface area contributed by atoms with Gasteiger partial charge in [-0.05, 0) is 19.8 Å². The lowest BCUT2D eigenvalue weighted by atomic mass is 9.98. The minimum absolute atomic E-state index is 0.299. The molecule has 2 atom stereocenters. The Hall–Kier alpha value is -0.410. The van der Waals surface area contributed by atoms with E-state index >= 15 is 0 Å². The molecule has 14 heavy (non-hydrogen) atoms. The SMILES string of the molecule is CC(=O)C1CCCC1N1CCOCC1.